The van der Waals surface area contributed by atoms with E-state index in [0.717, 1.165) is 16.8 Å². The predicted molar refractivity (Wildman–Crippen MR) is 112 cm³/mol. The van der Waals surface area contributed by atoms with Gasteiger partial charge in [0.2, 0.25) is 0 Å². The van der Waals surface area contributed by atoms with Crippen LogP contribution in [0.4, 0.5) is 0 Å². The molecule has 2 aromatic rings. The Balaban J connectivity index is 1.94. The van der Waals surface area contributed by atoms with Crippen LogP contribution in [-0.4, -0.2) is 32.6 Å². The largest absolute Gasteiger partial charge is 0.493 e. The molecule has 0 amide bonds. The maximum Gasteiger partial charge on any atom is 0.336 e. The van der Waals surface area contributed by atoms with Crippen LogP contribution < -0.4 is 14.8 Å². The summed E-state index contributed by atoms with van der Waals surface area (Å²) in [6.45, 7) is 4.17. The van der Waals surface area contributed by atoms with Crippen LogP contribution in [0.15, 0.2) is 59.3 Å². The maximum atomic E-state index is 13.4. The Kier molecular flexibility index (Phi) is 5.08. The fourth-order valence-corrected chi connectivity index (χ4v) is 4.18. The number of dihydropyridines is 1. The van der Waals surface area contributed by atoms with E-state index >= 15 is 0 Å². The van der Waals surface area contributed by atoms with Crippen molar-refractivity contribution in [1.29, 1.82) is 0 Å². The van der Waals surface area contributed by atoms with Crippen LogP contribution in [0.5, 0.6) is 11.5 Å². The lowest BCUT2D eigenvalue weighted by molar-refractivity contribution is -0.136. The van der Waals surface area contributed by atoms with Gasteiger partial charge in [-0.25, -0.2) is 4.79 Å². The van der Waals surface area contributed by atoms with E-state index in [2.05, 4.69) is 5.32 Å². The highest BCUT2D eigenvalue weighted by atomic mass is 16.5. The standard InChI is InChI=1S/C24H23NO5/c1-5-30-18-12-14(10-11-17(18)28-3)20-19(24(27)29-4)13(2)25-22-15-8-6-7-9-16(15)23(26)21(20)22/h6-12,20,25H,5H2,1-4H3/t20-/m1/s1. The zero-order valence-electron chi connectivity index (χ0n) is 17.4. The van der Waals surface area contributed by atoms with Crippen LogP contribution in [0.1, 0.15) is 41.3 Å². The van der Waals surface area contributed by atoms with Crippen molar-refractivity contribution in [3.63, 3.8) is 0 Å². The Morgan fingerprint density at radius 3 is 2.47 bits per heavy atom. The summed E-state index contributed by atoms with van der Waals surface area (Å²) < 4.78 is 16.2. The summed E-state index contributed by atoms with van der Waals surface area (Å²) in [5.74, 6) is -0.0123. The van der Waals surface area contributed by atoms with Gasteiger partial charge in [0.25, 0.3) is 0 Å². The Bertz CT molecular complexity index is 1110. The lowest BCUT2D eigenvalue weighted by Gasteiger charge is -2.29. The number of hydrogen-bond acceptors (Lipinski definition) is 6. The van der Waals surface area contributed by atoms with Crippen molar-refractivity contribution in [2.75, 3.05) is 20.8 Å². The third kappa shape index (κ3) is 2.96. The molecule has 1 aliphatic carbocycles. The first-order chi connectivity index (χ1) is 14.5. The number of carbonyl (C=O) groups excluding carboxylic acids is 2. The first-order valence-electron chi connectivity index (χ1n) is 9.76. The molecule has 1 atom stereocenters. The number of fused-ring (bicyclic) bond motifs is 2. The van der Waals surface area contributed by atoms with Crippen LogP contribution in [0.3, 0.4) is 0 Å². The fourth-order valence-electron chi connectivity index (χ4n) is 4.18. The van der Waals surface area contributed by atoms with E-state index in [9.17, 15) is 9.59 Å². The summed E-state index contributed by atoms with van der Waals surface area (Å²) in [5.41, 5.74) is 4.55. The molecular weight excluding hydrogens is 382 g/mol. The number of allylic oxidation sites excluding steroid dienone is 2. The fraction of sp³-hybridized carbons (Fsp3) is 0.250. The number of methoxy groups -OCH3 is 2. The van der Waals surface area contributed by atoms with Crippen molar-refractivity contribution >= 4 is 17.4 Å². The molecule has 0 fully saturated rings. The Morgan fingerprint density at radius 1 is 1.07 bits per heavy atom. The van der Waals surface area contributed by atoms with Crippen molar-refractivity contribution in [1.82, 2.24) is 5.32 Å². The van der Waals surface area contributed by atoms with Crippen molar-refractivity contribution in [2.24, 2.45) is 0 Å². The quantitative estimate of drug-likeness (QED) is 0.762. The second-order valence-corrected chi connectivity index (χ2v) is 7.09. The summed E-state index contributed by atoms with van der Waals surface area (Å²) >= 11 is 0. The number of carbonyl (C=O) groups is 2. The van der Waals surface area contributed by atoms with Gasteiger partial charge in [-0.05, 0) is 31.5 Å². The molecule has 1 aliphatic heterocycles. The van der Waals surface area contributed by atoms with Gasteiger partial charge in [-0.15, -0.1) is 0 Å². The molecular formula is C24H23NO5. The van der Waals surface area contributed by atoms with E-state index in [1.54, 1.807) is 13.2 Å². The number of ether oxygens (including phenoxy) is 3. The molecule has 0 spiro atoms. The van der Waals surface area contributed by atoms with Gasteiger partial charge in [-0.3, -0.25) is 4.79 Å². The molecule has 154 valence electrons. The van der Waals surface area contributed by atoms with Crippen molar-refractivity contribution < 1.29 is 23.8 Å². The molecule has 30 heavy (non-hydrogen) atoms. The van der Waals surface area contributed by atoms with Gasteiger partial charge in [-0.2, -0.15) is 0 Å². The van der Waals surface area contributed by atoms with Crippen LogP contribution >= 0.6 is 0 Å². The Morgan fingerprint density at radius 2 is 1.80 bits per heavy atom. The molecule has 6 heteroatoms. The highest BCUT2D eigenvalue weighted by Gasteiger charge is 2.42. The average molecular weight is 405 g/mol. The Labute approximate surface area is 175 Å². The summed E-state index contributed by atoms with van der Waals surface area (Å²) in [4.78, 5) is 26.1. The molecule has 0 unspecified atom stereocenters. The monoisotopic (exact) mass is 405 g/mol. The SMILES string of the molecule is CCOc1cc([C@@H]2C(C(=O)OC)=C(C)NC3=C2C(=O)c2ccccc23)ccc1OC. The molecule has 2 aromatic carbocycles. The van der Waals surface area contributed by atoms with E-state index in [1.165, 1.54) is 7.11 Å². The van der Waals surface area contributed by atoms with Gasteiger partial charge in [0.15, 0.2) is 17.3 Å². The molecule has 0 bridgehead atoms. The van der Waals surface area contributed by atoms with E-state index < -0.39 is 11.9 Å². The summed E-state index contributed by atoms with van der Waals surface area (Å²) in [6, 6.07) is 12.9. The maximum absolute atomic E-state index is 13.4. The van der Waals surface area contributed by atoms with E-state index in [0.29, 0.717) is 40.5 Å². The highest BCUT2D eigenvalue weighted by molar-refractivity contribution is 6.23. The van der Waals surface area contributed by atoms with Gasteiger partial charge in [-0.1, -0.05) is 30.3 Å². The predicted octanol–water partition coefficient (Wildman–Crippen LogP) is 3.84. The van der Waals surface area contributed by atoms with Crippen LogP contribution in [0.25, 0.3) is 5.70 Å². The number of rotatable bonds is 5. The van der Waals surface area contributed by atoms with E-state index in [-0.39, 0.29) is 5.78 Å². The number of benzene rings is 2. The number of hydrogen-bond donors (Lipinski definition) is 1. The van der Waals surface area contributed by atoms with Gasteiger partial charge < -0.3 is 19.5 Å². The zero-order valence-corrected chi connectivity index (χ0v) is 17.4. The van der Waals surface area contributed by atoms with Crippen LogP contribution in [0.2, 0.25) is 0 Å². The molecule has 0 saturated heterocycles. The zero-order chi connectivity index (χ0) is 21.4. The first kappa shape index (κ1) is 19.8. The van der Waals surface area contributed by atoms with Crippen molar-refractivity contribution in [3.8, 4) is 11.5 Å². The first-order valence-corrected chi connectivity index (χ1v) is 9.76. The second kappa shape index (κ2) is 7.71. The molecule has 0 radical (unpaired) electrons. The second-order valence-electron chi connectivity index (χ2n) is 7.09. The molecule has 2 aliphatic rings. The smallest absolute Gasteiger partial charge is 0.336 e. The minimum absolute atomic E-state index is 0.0965. The van der Waals surface area contributed by atoms with Crippen molar-refractivity contribution in [3.05, 3.63) is 76.0 Å². The average Bonchev–Trinajstić information content (AvgIpc) is 3.04. The number of esters is 1. The topological polar surface area (TPSA) is 73.9 Å². The summed E-state index contributed by atoms with van der Waals surface area (Å²) in [7, 11) is 2.91. The third-order valence-corrected chi connectivity index (χ3v) is 5.48. The van der Waals surface area contributed by atoms with Gasteiger partial charge >= 0.3 is 5.97 Å². The lowest BCUT2D eigenvalue weighted by Crippen LogP contribution is -2.29. The van der Waals surface area contributed by atoms with Gasteiger partial charge in [0, 0.05) is 28.3 Å². The molecule has 0 saturated carbocycles. The minimum Gasteiger partial charge on any atom is -0.493 e. The van der Waals surface area contributed by atoms with E-state index in [1.807, 2.05) is 50.2 Å². The van der Waals surface area contributed by atoms with Crippen molar-refractivity contribution in [2.45, 2.75) is 19.8 Å². The number of nitrogens with one attached hydrogen (secondary N) is 1. The molecule has 1 heterocycles. The molecule has 4 rings (SSSR count). The number of Topliss-reactive ketones (excluding diaryl/α,β-unsaturated/α-hetero) is 1. The number of ketones is 1. The van der Waals surface area contributed by atoms with Crippen LogP contribution in [-0.2, 0) is 9.53 Å². The summed E-state index contributed by atoms with van der Waals surface area (Å²) in [6.07, 6.45) is 0. The molecule has 0 aromatic heterocycles. The minimum atomic E-state index is -0.585. The molecule has 6 nitrogen and oxygen atoms in total. The summed E-state index contributed by atoms with van der Waals surface area (Å²) in [5, 5.41) is 3.27. The normalized spacial score (nSPS) is 17.3. The molecule has 1 N–H and O–H groups in total. The van der Waals surface area contributed by atoms with Crippen LogP contribution in [0, 0.1) is 0 Å². The third-order valence-electron chi connectivity index (χ3n) is 5.48. The van der Waals surface area contributed by atoms with Gasteiger partial charge in [0.05, 0.1) is 32.1 Å². The lowest BCUT2D eigenvalue weighted by atomic mass is 9.79. The van der Waals surface area contributed by atoms with E-state index in [4.69, 9.17) is 14.2 Å². The van der Waals surface area contributed by atoms with Gasteiger partial charge in [0.1, 0.15) is 0 Å². The highest BCUT2D eigenvalue weighted by Crippen LogP contribution is 2.47. The Hall–Kier alpha value is -3.54.